The quantitative estimate of drug-likeness (QED) is 0.155. The maximum absolute atomic E-state index is 2.48. The Labute approximate surface area is 336 Å². The molecule has 12 rings (SSSR count). The summed E-state index contributed by atoms with van der Waals surface area (Å²) >= 11 is 0. The summed E-state index contributed by atoms with van der Waals surface area (Å²) in [6.45, 7) is 17.9. The molecular weight excluding hydrogens is 685 g/mol. The molecule has 0 saturated carbocycles. The minimum atomic E-state index is 0.0827. The molecule has 0 N–H and O–H groups in total. The summed E-state index contributed by atoms with van der Waals surface area (Å²) in [5.41, 5.74) is 16.5. The highest BCUT2D eigenvalue weighted by atomic mass is 14.3. The van der Waals surface area contributed by atoms with Crippen molar-refractivity contribution >= 4 is 64.6 Å². The fraction of sp³-hybridized carbons (Fsp3) is 0.193. The van der Waals surface area contributed by atoms with E-state index in [4.69, 9.17) is 0 Å². The Bertz CT molecular complexity index is 3290. The molecule has 276 valence electrons. The van der Waals surface area contributed by atoms with Crippen LogP contribution < -0.4 is 0 Å². The van der Waals surface area contributed by atoms with E-state index < -0.39 is 0 Å². The molecule has 0 spiro atoms. The Hall–Kier alpha value is -5.98. The fourth-order valence-corrected chi connectivity index (χ4v) is 10.5. The molecule has 0 radical (unpaired) electrons. The van der Waals surface area contributed by atoms with E-state index in [1.54, 1.807) is 0 Å². The van der Waals surface area contributed by atoms with Gasteiger partial charge in [-0.25, -0.2) is 0 Å². The Balaban J connectivity index is 0.00000184. The lowest BCUT2D eigenvalue weighted by Gasteiger charge is -2.22. The van der Waals surface area contributed by atoms with E-state index in [1.807, 2.05) is 13.8 Å². The van der Waals surface area contributed by atoms with Crippen molar-refractivity contribution in [2.45, 2.75) is 72.6 Å². The van der Waals surface area contributed by atoms with Crippen molar-refractivity contribution in [3.05, 3.63) is 156 Å². The molecular formula is C57H48. The molecule has 57 heavy (non-hydrogen) atoms. The van der Waals surface area contributed by atoms with Gasteiger partial charge in [-0.1, -0.05) is 189 Å². The third-order valence-electron chi connectivity index (χ3n) is 13.2. The van der Waals surface area contributed by atoms with Gasteiger partial charge in [-0.05, 0) is 149 Å². The normalized spacial score (nSPS) is 13.2. The van der Waals surface area contributed by atoms with Crippen LogP contribution in [0.5, 0.6) is 0 Å². The molecule has 0 bridgehead atoms. The van der Waals surface area contributed by atoms with Crippen molar-refractivity contribution in [3.63, 3.8) is 0 Å². The summed E-state index contributed by atoms with van der Waals surface area (Å²) < 4.78 is 0. The van der Waals surface area contributed by atoms with Crippen molar-refractivity contribution in [2.24, 2.45) is 0 Å². The zero-order chi connectivity index (χ0) is 39.1. The van der Waals surface area contributed by atoms with E-state index in [0.29, 0.717) is 0 Å². The van der Waals surface area contributed by atoms with Gasteiger partial charge in [0.15, 0.2) is 0 Å². The average molecular weight is 733 g/mol. The predicted molar refractivity (Wildman–Crippen MR) is 250 cm³/mol. The first kappa shape index (κ1) is 34.3. The van der Waals surface area contributed by atoms with Gasteiger partial charge < -0.3 is 0 Å². The van der Waals surface area contributed by atoms with Crippen LogP contribution in [0.4, 0.5) is 0 Å². The zero-order valence-corrected chi connectivity index (χ0v) is 34.4. The third-order valence-corrected chi connectivity index (χ3v) is 13.2. The SMILES string of the molecule is CC.CC(C)(C)c1cc2c3c(ccc4c(-c5ccc6c7c(ccc(-c8ccc9ccc%10cc(C(C)(C)C)cc%11ccc8c9c%10%11)c57)-c5ccccc5-6)ccc(c43)C2)c1. The maximum Gasteiger partial charge on any atom is -0.00129 e. The monoisotopic (exact) mass is 732 g/mol. The molecule has 0 nitrogen and oxygen atoms in total. The molecule has 0 aromatic heterocycles. The van der Waals surface area contributed by atoms with E-state index in [2.05, 4.69) is 175 Å². The van der Waals surface area contributed by atoms with Gasteiger partial charge in [-0.2, -0.15) is 0 Å². The van der Waals surface area contributed by atoms with Crippen LogP contribution in [-0.4, -0.2) is 0 Å². The maximum atomic E-state index is 2.48. The molecule has 10 aromatic rings. The van der Waals surface area contributed by atoms with Crippen molar-refractivity contribution in [3.8, 4) is 44.5 Å². The Morgan fingerprint density at radius 1 is 0.316 bits per heavy atom. The highest BCUT2D eigenvalue weighted by Gasteiger charge is 2.28. The summed E-state index contributed by atoms with van der Waals surface area (Å²) in [6, 6.07) is 52.2. The van der Waals surface area contributed by atoms with Crippen molar-refractivity contribution < 1.29 is 0 Å². The summed E-state index contributed by atoms with van der Waals surface area (Å²) in [5.74, 6) is 0. The van der Waals surface area contributed by atoms with E-state index in [0.717, 1.165) is 6.42 Å². The highest BCUT2D eigenvalue weighted by molar-refractivity contribution is 6.29. The second-order valence-corrected chi connectivity index (χ2v) is 18.5. The molecule has 2 aliphatic rings. The largest absolute Gasteiger partial charge is 0.0683 e. The lowest BCUT2D eigenvalue weighted by atomic mass is 9.82. The Kier molecular flexibility index (Phi) is 7.08. The Morgan fingerprint density at radius 2 is 0.737 bits per heavy atom. The molecule has 0 saturated heterocycles. The predicted octanol–water partition coefficient (Wildman–Crippen LogP) is 16.6. The molecule has 0 aliphatic heterocycles. The van der Waals surface area contributed by atoms with Crippen LogP contribution in [-0.2, 0) is 17.3 Å². The van der Waals surface area contributed by atoms with Crippen LogP contribution in [0, 0.1) is 0 Å². The van der Waals surface area contributed by atoms with E-state index in [-0.39, 0.29) is 10.8 Å². The lowest BCUT2D eigenvalue weighted by molar-refractivity contribution is 0.590. The van der Waals surface area contributed by atoms with Crippen molar-refractivity contribution in [2.75, 3.05) is 0 Å². The van der Waals surface area contributed by atoms with E-state index in [9.17, 15) is 0 Å². The average Bonchev–Trinajstić information content (AvgIpc) is 3.76. The second kappa shape index (κ2) is 11.8. The molecule has 0 heterocycles. The summed E-state index contributed by atoms with van der Waals surface area (Å²) in [5, 5.41) is 16.4. The van der Waals surface area contributed by atoms with Gasteiger partial charge in [0.05, 0.1) is 0 Å². The standard InChI is InChI=1S/C55H42.C2H6/c1-54(2,3)36-26-32-12-11-30-13-17-40(42-19-15-33(27-36)48(32)50(30)42)46-23-21-44-38-9-7-8-10-39(38)45-22-24-47(53(46)52(44)45)41-18-14-31-25-35-29-37(55(4,5)6)28-34-16-20-43(41)51(31)49(34)35;1-2/h7-24,26-29H,25H2,1-6H3;1-2H3. The van der Waals surface area contributed by atoms with Crippen LogP contribution in [0.2, 0.25) is 0 Å². The molecule has 0 atom stereocenters. The first-order chi connectivity index (χ1) is 27.5. The number of fused-ring (bicyclic) bond motifs is 3. The first-order valence-corrected chi connectivity index (χ1v) is 21.0. The molecule has 0 heteroatoms. The summed E-state index contributed by atoms with van der Waals surface area (Å²) in [7, 11) is 0. The second-order valence-electron chi connectivity index (χ2n) is 18.5. The van der Waals surface area contributed by atoms with Crippen molar-refractivity contribution in [1.29, 1.82) is 0 Å². The minimum absolute atomic E-state index is 0.0827. The van der Waals surface area contributed by atoms with E-state index in [1.165, 1.54) is 131 Å². The van der Waals surface area contributed by atoms with E-state index >= 15 is 0 Å². The number of benzene rings is 10. The van der Waals surface area contributed by atoms with Crippen LogP contribution in [0.1, 0.15) is 77.6 Å². The zero-order valence-electron chi connectivity index (χ0n) is 34.4. The summed E-state index contributed by atoms with van der Waals surface area (Å²) in [4.78, 5) is 0. The number of hydrogen-bond donors (Lipinski definition) is 0. The van der Waals surface area contributed by atoms with Gasteiger partial charge >= 0.3 is 0 Å². The van der Waals surface area contributed by atoms with Gasteiger partial charge in [0, 0.05) is 0 Å². The summed E-state index contributed by atoms with van der Waals surface area (Å²) in [6.07, 6.45) is 1.00. The Morgan fingerprint density at radius 3 is 1.30 bits per heavy atom. The molecule has 2 aliphatic carbocycles. The third kappa shape index (κ3) is 4.74. The van der Waals surface area contributed by atoms with Crippen LogP contribution in [0.3, 0.4) is 0 Å². The fourth-order valence-electron chi connectivity index (χ4n) is 10.5. The molecule has 10 aromatic carbocycles. The van der Waals surface area contributed by atoms with Crippen LogP contribution in [0.15, 0.2) is 133 Å². The smallest absolute Gasteiger partial charge is 0.00129 e. The van der Waals surface area contributed by atoms with Gasteiger partial charge in [-0.15, -0.1) is 0 Å². The first-order valence-electron chi connectivity index (χ1n) is 21.0. The number of rotatable bonds is 2. The molecule has 0 amide bonds. The molecule has 0 fully saturated rings. The minimum Gasteiger partial charge on any atom is -0.0683 e. The lowest BCUT2D eigenvalue weighted by Crippen LogP contribution is -2.11. The van der Waals surface area contributed by atoms with Gasteiger partial charge in [0.2, 0.25) is 0 Å². The van der Waals surface area contributed by atoms with Gasteiger partial charge in [0.1, 0.15) is 0 Å². The topological polar surface area (TPSA) is 0 Å². The highest BCUT2D eigenvalue weighted by Crippen LogP contribution is 2.54. The van der Waals surface area contributed by atoms with Crippen LogP contribution >= 0.6 is 0 Å². The van der Waals surface area contributed by atoms with Gasteiger partial charge in [-0.3, -0.25) is 0 Å². The van der Waals surface area contributed by atoms with Crippen molar-refractivity contribution in [1.82, 2.24) is 0 Å². The molecule has 0 unspecified atom stereocenters. The van der Waals surface area contributed by atoms with Crippen LogP contribution in [0.25, 0.3) is 109 Å². The number of hydrogen-bond acceptors (Lipinski definition) is 0. The van der Waals surface area contributed by atoms with Gasteiger partial charge in [0.25, 0.3) is 0 Å².